The maximum Gasteiger partial charge on any atom is 0.343 e. The van der Waals surface area contributed by atoms with Gasteiger partial charge in [-0.05, 0) is 61.4 Å². The molecular weight excluding hydrogens is 512 g/mol. The summed E-state index contributed by atoms with van der Waals surface area (Å²) in [6.45, 7) is 5.46. The highest BCUT2D eigenvalue weighted by atomic mass is 16.5. The van der Waals surface area contributed by atoms with Crippen molar-refractivity contribution in [1.29, 1.82) is 0 Å². The third-order valence-electron chi connectivity index (χ3n) is 6.13. The molecule has 0 atom stereocenters. The molecule has 0 heterocycles. The van der Waals surface area contributed by atoms with Gasteiger partial charge in [-0.1, -0.05) is 52.4 Å². The second-order valence-corrected chi connectivity index (χ2v) is 9.39. The van der Waals surface area contributed by atoms with E-state index in [0.717, 1.165) is 63.5 Å². The summed E-state index contributed by atoms with van der Waals surface area (Å²) >= 11 is 0. The van der Waals surface area contributed by atoms with Gasteiger partial charge < -0.3 is 18.9 Å². The van der Waals surface area contributed by atoms with Crippen molar-refractivity contribution in [3.05, 3.63) is 83.3 Å². The lowest BCUT2D eigenvalue weighted by Crippen LogP contribution is -2.20. The number of carbonyl (C=O) groups is 4. The predicted octanol–water partition coefficient (Wildman–Crippen LogP) is 6.54. The molecular formula is C32H36O8. The molecule has 8 nitrogen and oxygen atoms in total. The standard InChI is InChI=1S/C32H36O8/c1-3-5-7-9-19-37-25-15-11-23(12-16-25)31(35)39-29-21-28(34)30(22-27(29)33)40-32(36)24-13-17-26(18-14-24)38-20-10-8-6-4-2/h11-18,21-22H,3-10,19-20H2,1-2H3. The molecule has 0 amide bonds. The molecule has 0 spiro atoms. The van der Waals surface area contributed by atoms with Crippen LogP contribution in [0.2, 0.25) is 0 Å². The van der Waals surface area contributed by atoms with Crippen molar-refractivity contribution in [3.8, 4) is 11.5 Å². The topological polar surface area (TPSA) is 105 Å². The molecule has 0 bridgehead atoms. The Morgan fingerprint density at radius 3 is 1.27 bits per heavy atom. The van der Waals surface area contributed by atoms with Crippen molar-refractivity contribution < 1.29 is 38.1 Å². The van der Waals surface area contributed by atoms with Crippen LogP contribution in [-0.4, -0.2) is 36.7 Å². The minimum absolute atomic E-state index is 0.189. The maximum atomic E-state index is 12.5. The predicted molar refractivity (Wildman–Crippen MR) is 149 cm³/mol. The maximum absolute atomic E-state index is 12.5. The van der Waals surface area contributed by atoms with Crippen molar-refractivity contribution in [2.24, 2.45) is 0 Å². The van der Waals surface area contributed by atoms with E-state index < -0.39 is 35.0 Å². The van der Waals surface area contributed by atoms with Crippen LogP contribution >= 0.6 is 0 Å². The first-order valence-corrected chi connectivity index (χ1v) is 13.8. The summed E-state index contributed by atoms with van der Waals surface area (Å²) in [4.78, 5) is 50.0. The monoisotopic (exact) mass is 548 g/mol. The van der Waals surface area contributed by atoms with E-state index in [0.29, 0.717) is 24.7 Å². The lowest BCUT2D eigenvalue weighted by molar-refractivity contribution is -0.118. The van der Waals surface area contributed by atoms with E-state index in [4.69, 9.17) is 18.9 Å². The van der Waals surface area contributed by atoms with Crippen molar-refractivity contribution >= 4 is 23.5 Å². The van der Waals surface area contributed by atoms with Crippen LogP contribution in [0, 0.1) is 0 Å². The Morgan fingerprint density at radius 2 is 0.925 bits per heavy atom. The molecule has 0 radical (unpaired) electrons. The zero-order valence-electron chi connectivity index (χ0n) is 23.1. The Morgan fingerprint density at radius 1 is 0.550 bits per heavy atom. The zero-order chi connectivity index (χ0) is 28.7. The number of esters is 2. The number of ketones is 2. The van der Waals surface area contributed by atoms with Gasteiger partial charge in [0.05, 0.1) is 24.3 Å². The van der Waals surface area contributed by atoms with E-state index in [9.17, 15) is 19.2 Å². The molecule has 8 heteroatoms. The van der Waals surface area contributed by atoms with Crippen LogP contribution in [0.1, 0.15) is 85.9 Å². The molecule has 3 rings (SSSR count). The third kappa shape index (κ3) is 9.52. The molecule has 0 fully saturated rings. The van der Waals surface area contributed by atoms with Gasteiger partial charge in [0.25, 0.3) is 0 Å². The molecule has 0 N–H and O–H groups in total. The van der Waals surface area contributed by atoms with Gasteiger partial charge in [0.15, 0.2) is 11.5 Å². The number of rotatable bonds is 16. The minimum atomic E-state index is -0.802. The van der Waals surface area contributed by atoms with Crippen molar-refractivity contribution in [2.75, 3.05) is 13.2 Å². The zero-order valence-corrected chi connectivity index (χ0v) is 23.1. The molecule has 2 aromatic rings. The number of carbonyl (C=O) groups excluding carboxylic acids is 4. The van der Waals surface area contributed by atoms with Gasteiger partial charge >= 0.3 is 11.9 Å². The third-order valence-corrected chi connectivity index (χ3v) is 6.13. The second-order valence-electron chi connectivity index (χ2n) is 9.39. The Labute approximate surface area is 235 Å². The fourth-order valence-corrected chi connectivity index (χ4v) is 3.81. The molecule has 0 saturated carbocycles. The SMILES string of the molecule is CCCCCCOc1ccc(C(=O)OC2=CC(=O)C(OC(=O)c3ccc(OCCCCCC)cc3)=CC2=O)cc1. The van der Waals surface area contributed by atoms with Gasteiger partial charge in [0.1, 0.15) is 11.5 Å². The van der Waals surface area contributed by atoms with Gasteiger partial charge in [-0.15, -0.1) is 0 Å². The lowest BCUT2D eigenvalue weighted by atomic mass is 10.1. The summed E-state index contributed by atoms with van der Waals surface area (Å²) in [5.41, 5.74) is 0.378. The molecule has 0 saturated heterocycles. The van der Waals surface area contributed by atoms with E-state index in [1.165, 1.54) is 24.3 Å². The van der Waals surface area contributed by atoms with Gasteiger partial charge in [-0.25, -0.2) is 9.59 Å². The molecule has 0 unspecified atom stereocenters. The van der Waals surface area contributed by atoms with Crippen LogP contribution in [0.5, 0.6) is 11.5 Å². The number of unbranched alkanes of at least 4 members (excludes halogenated alkanes) is 6. The van der Waals surface area contributed by atoms with Crippen molar-refractivity contribution in [1.82, 2.24) is 0 Å². The second kappa shape index (κ2) is 16.0. The molecule has 40 heavy (non-hydrogen) atoms. The van der Waals surface area contributed by atoms with E-state index in [1.54, 1.807) is 24.3 Å². The van der Waals surface area contributed by atoms with Crippen LogP contribution < -0.4 is 9.47 Å². The molecule has 212 valence electrons. The normalized spacial score (nSPS) is 12.8. The average molecular weight is 549 g/mol. The fraction of sp³-hybridized carbons (Fsp3) is 0.375. The molecule has 1 aliphatic carbocycles. The Bertz CT molecular complexity index is 1130. The highest BCUT2D eigenvalue weighted by molar-refractivity contribution is 6.19. The lowest BCUT2D eigenvalue weighted by Gasteiger charge is -2.13. The van der Waals surface area contributed by atoms with Gasteiger partial charge in [-0.2, -0.15) is 0 Å². The quantitative estimate of drug-likeness (QED) is 0.132. The Hall–Kier alpha value is -4.20. The van der Waals surface area contributed by atoms with Crippen LogP contribution in [0.3, 0.4) is 0 Å². The van der Waals surface area contributed by atoms with Crippen molar-refractivity contribution in [3.63, 3.8) is 0 Å². The van der Waals surface area contributed by atoms with E-state index in [-0.39, 0.29) is 11.1 Å². The first kappa shape index (κ1) is 30.3. The number of allylic oxidation sites excluding steroid dienone is 2. The summed E-state index contributed by atoms with van der Waals surface area (Å²) in [5.74, 6) is -2.81. The highest BCUT2D eigenvalue weighted by Gasteiger charge is 2.27. The fourth-order valence-electron chi connectivity index (χ4n) is 3.81. The highest BCUT2D eigenvalue weighted by Crippen LogP contribution is 2.20. The van der Waals surface area contributed by atoms with Crippen molar-refractivity contribution in [2.45, 2.75) is 65.2 Å². The summed E-state index contributed by atoms with van der Waals surface area (Å²) in [7, 11) is 0. The first-order valence-electron chi connectivity index (χ1n) is 13.8. The number of hydrogen-bond donors (Lipinski definition) is 0. The largest absolute Gasteiger partial charge is 0.494 e. The first-order chi connectivity index (χ1) is 19.4. The van der Waals surface area contributed by atoms with E-state index >= 15 is 0 Å². The van der Waals surface area contributed by atoms with Gasteiger partial charge in [0.2, 0.25) is 11.6 Å². The smallest absolute Gasteiger partial charge is 0.343 e. The van der Waals surface area contributed by atoms with Crippen LogP contribution in [-0.2, 0) is 19.1 Å². The molecule has 2 aromatic carbocycles. The van der Waals surface area contributed by atoms with E-state index in [2.05, 4.69) is 13.8 Å². The number of ether oxygens (including phenoxy) is 4. The van der Waals surface area contributed by atoms with Crippen LogP contribution in [0.25, 0.3) is 0 Å². The minimum Gasteiger partial charge on any atom is -0.494 e. The Kier molecular flexibility index (Phi) is 12.2. The average Bonchev–Trinajstić information content (AvgIpc) is 2.96. The number of hydrogen-bond acceptors (Lipinski definition) is 8. The summed E-state index contributed by atoms with van der Waals surface area (Å²) in [5, 5.41) is 0. The molecule has 0 aliphatic heterocycles. The Balaban J connectivity index is 1.49. The van der Waals surface area contributed by atoms with Crippen LogP contribution in [0.15, 0.2) is 72.2 Å². The van der Waals surface area contributed by atoms with Crippen LogP contribution in [0.4, 0.5) is 0 Å². The van der Waals surface area contributed by atoms with E-state index in [1.807, 2.05) is 0 Å². The van der Waals surface area contributed by atoms with Gasteiger partial charge in [-0.3, -0.25) is 9.59 Å². The summed E-state index contributed by atoms with van der Waals surface area (Å²) in [6, 6.07) is 12.6. The molecule has 0 aromatic heterocycles. The van der Waals surface area contributed by atoms with Gasteiger partial charge in [0, 0.05) is 12.2 Å². The number of benzene rings is 2. The summed E-state index contributed by atoms with van der Waals surface area (Å²) in [6.07, 6.45) is 10.4. The molecule has 1 aliphatic rings. The summed E-state index contributed by atoms with van der Waals surface area (Å²) < 4.78 is 21.6.